The molecule has 6 heteroatoms. The Bertz CT molecular complexity index is 576. The third-order valence-electron chi connectivity index (χ3n) is 5.47. The molecule has 154 valence electrons. The quantitative estimate of drug-likeness (QED) is 0.349. The van der Waals surface area contributed by atoms with Gasteiger partial charge in [-0.3, -0.25) is 9.89 Å². The summed E-state index contributed by atoms with van der Waals surface area (Å²) in [6.07, 6.45) is 1.06. The summed E-state index contributed by atoms with van der Waals surface area (Å²) < 4.78 is 5.23. The third-order valence-corrected chi connectivity index (χ3v) is 5.47. The van der Waals surface area contributed by atoms with Crippen molar-refractivity contribution < 1.29 is 4.74 Å². The molecule has 5 nitrogen and oxygen atoms in total. The van der Waals surface area contributed by atoms with Gasteiger partial charge in [-0.1, -0.05) is 26.0 Å². The first-order chi connectivity index (χ1) is 12.4. The molecule has 0 saturated carbocycles. The third kappa shape index (κ3) is 7.14. The van der Waals surface area contributed by atoms with Gasteiger partial charge in [-0.2, -0.15) is 0 Å². The summed E-state index contributed by atoms with van der Waals surface area (Å²) in [5.41, 5.74) is 1.34. The molecule has 0 spiro atoms. The van der Waals surface area contributed by atoms with Gasteiger partial charge in [0.15, 0.2) is 5.96 Å². The zero-order valence-corrected chi connectivity index (χ0v) is 20.0. The fraction of sp³-hybridized carbons (Fsp3) is 0.667. The van der Waals surface area contributed by atoms with Crippen molar-refractivity contribution in [3.63, 3.8) is 0 Å². The van der Waals surface area contributed by atoms with E-state index in [1.807, 2.05) is 19.2 Å². The first-order valence-corrected chi connectivity index (χ1v) is 9.79. The number of nitrogens with zero attached hydrogens (tertiary/aromatic N) is 2. The van der Waals surface area contributed by atoms with E-state index in [1.165, 1.54) is 5.56 Å². The van der Waals surface area contributed by atoms with Crippen LogP contribution >= 0.6 is 24.0 Å². The summed E-state index contributed by atoms with van der Waals surface area (Å²) in [4.78, 5) is 6.94. The number of nitrogens with one attached hydrogen (secondary N) is 2. The second kappa shape index (κ2) is 11.7. The van der Waals surface area contributed by atoms with Crippen LogP contribution in [0.1, 0.15) is 45.6 Å². The fourth-order valence-corrected chi connectivity index (χ4v) is 3.49. The van der Waals surface area contributed by atoms with Crippen LogP contribution in [0.15, 0.2) is 29.3 Å². The summed E-state index contributed by atoms with van der Waals surface area (Å²) >= 11 is 0. The topological polar surface area (TPSA) is 48.9 Å². The monoisotopic (exact) mass is 488 g/mol. The van der Waals surface area contributed by atoms with Crippen molar-refractivity contribution in [2.75, 3.05) is 33.8 Å². The summed E-state index contributed by atoms with van der Waals surface area (Å²) in [5, 5.41) is 7.09. The largest absolute Gasteiger partial charge is 0.497 e. The number of rotatable bonds is 7. The molecule has 1 fully saturated rings. The van der Waals surface area contributed by atoms with E-state index in [2.05, 4.69) is 60.4 Å². The fourth-order valence-electron chi connectivity index (χ4n) is 3.49. The minimum absolute atomic E-state index is 0. The molecule has 1 aliphatic heterocycles. The molecular formula is C21H37IN4O. The van der Waals surface area contributed by atoms with Crippen LogP contribution in [0, 0.1) is 5.92 Å². The number of benzene rings is 1. The van der Waals surface area contributed by atoms with Crippen molar-refractivity contribution in [1.29, 1.82) is 0 Å². The molecule has 1 heterocycles. The number of ether oxygens (including phenoxy) is 1. The van der Waals surface area contributed by atoms with Gasteiger partial charge in [-0.25, -0.2) is 0 Å². The minimum Gasteiger partial charge on any atom is -0.497 e. The Balaban J connectivity index is 0.00000364. The summed E-state index contributed by atoms with van der Waals surface area (Å²) in [6.45, 7) is 12.3. The molecule has 3 atom stereocenters. The smallest absolute Gasteiger partial charge is 0.191 e. The van der Waals surface area contributed by atoms with Crippen LogP contribution in [0.3, 0.4) is 0 Å². The van der Waals surface area contributed by atoms with Crippen molar-refractivity contribution in [3.05, 3.63) is 29.8 Å². The molecule has 0 aliphatic carbocycles. The number of hydrogen-bond donors (Lipinski definition) is 2. The maximum atomic E-state index is 5.23. The lowest BCUT2D eigenvalue weighted by Gasteiger charge is -2.22. The lowest BCUT2D eigenvalue weighted by atomic mass is 9.98. The van der Waals surface area contributed by atoms with Gasteiger partial charge in [0.1, 0.15) is 5.75 Å². The number of guanidine groups is 1. The van der Waals surface area contributed by atoms with E-state index in [1.54, 1.807) is 7.11 Å². The molecule has 27 heavy (non-hydrogen) atoms. The number of methoxy groups -OCH3 is 1. The maximum Gasteiger partial charge on any atom is 0.191 e. The molecule has 2 N–H and O–H groups in total. The number of halogens is 1. The molecule has 0 bridgehead atoms. The van der Waals surface area contributed by atoms with Gasteiger partial charge in [-0.15, -0.1) is 24.0 Å². The van der Waals surface area contributed by atoms with E-state index in [4.69, 9.17) is 4.74 Å². The van der Waals surface area contributed by atoms with E-state index in [-0.39, 0.29) is 24.0 Å². The van der Waals surface area contributed by atoms with E-state index < -0.39 is 0 Å². The van der Waals surface area contributed by atoms with Gasteiger partial charge in [0.25, 0.3) is 0 Å². The summed E-state index contributed by atoms with van der Waals surface area (Å²) in [7, 11) is 3.55. The van der Waals surface area contributed by atoms with Gasteiger partial charge in [0.2, 0.25) is 0 Å². The lowest BCUT2D eigenvalue weighted by molar-refractivity contribution is 0.265. The van der Waals surface area contributed by atoms with Gasteiger partial charge >= 0.3 is 0 Å². The van der Waals surface area contributed by atoms with E-state index >= 15 is 0 Å². The van der Waals surface area contributed by atoms with Crippen LogP contribution in [0.4, 0.5) is 0 Å². The maximum absolute atomic E-state index is 5.23. The predicted molar refractivity (Wildman–Crippen MR) is 126 cm³/mol. The lowest BCUT2D eigenvalue weighted by Crippen LogP contribution is -2.47. The Morgan fingerprint density at radius 3 is 2.41 bits per heavy atom. The number of aliphatic imine (C=N–C) groups is 1. The standard InChI is InChI=1S/C21H36N4O.HI/c1-15(2)25-13-17(4)20(14-25)24-21(22-5)23-12-11-16(3)18-7-9-19(26-6)10-8-18;/h7-10,15-17,20H,11-14H2,1-6H3,(H2,22,23,24);1H. The Morgan fingerprint density at radius 1 is 1.22 bits per heavy atom. The van der Waals surface area contributed by atoms with Crippen molar-refractivity contribution in [2.45, 2.75) is 52.1 Å². The SMILES string of the molecule is CN=C(NCCC(C)c1ccc(OC)cc1)NC1CN(C(C)C)CC1C.I. The first kappa shape index (κ1) is 24.0. The molecule has 0 radical (unpaired) electrons. The van der Waals surface area contributed by atoms with Crippen LogP contribution in [0.5, 0.6) is 5.75 Å². The van der Waals surface area contributed by atoms with Crippen LogP contribution in [-0.4, -0.2) is 56.7 Å². The normalized spacial score (nSPS) is 21.7. The molecule has 1 aliphatic rings. The zero-order valence-electron chi connectivity index (χ0n) is 17.7. The summed E-state index contributed by atoms with van der Waals surface area (Å²) in [5.74, 6) is 2.95. The van der Waals surface area contributed by atoms with E-state index in [9.17, 15) is 0 Å². The molecule has 1 aromatic rings. The van der Waals surface area contributed by atoms with Gasteiger partial charge in [0, 0.05) is 38.8 Å². The van der Waals surface area contributed by atoms with Crippen molar-refractivity contribution in [2.24, 2.45) is 10.9 Å². The molecular weight excluding hydrogens is 451 g/mol. The molecule has 1 aromatic carbocycles. The van der Waals surface area contributed by atoms with Gasteiger partial charge in [0.05, 0.1) is 7.11 Å². The first-order valence-electron chi connectivity index (χ1n) is 9.79. The zero-order chi connectivity index (χ0) is 19.1. The highest BCUT2D eigenvalue weighted by atomic mass is 127. The predicted octanol–water partition coefficient (Wildman–Crippen LogP) is 3.70. The highest BCUT2D eigenvalue weighted by Crippen LogP contribution is 2.21. The molecule has 1 saturated heterocycles. The minimum atomic E-state index is 0. The second-order valence-electron chi connectivity index (χ2n) is 7.74. The molecule has 2 rings (SSSR count). The van der Waals surface area contributed by atoms with E-state index in [0.29, 0.717) is 23.9 Å². The summed E-state index contributed by atoms with van der Waals surface area (Å²) in [6, 6.07) is 9.42. The van der Waals surface area contributed by atoms with Crippen LogP contribution in [0.2, 0.25) is 0 Å². The Hall–Kier alpha value is -1.02. The Labute approximate surface area is 182 Å². The average Bonchev–Trinajstić information content (AvgIpc) is 3.01. The van der Waals surface area contributed by atoms with Crippen molar-refractivity contribution in [1.82, 2.24) is 15.5 Å². The van der Waals surface area contributed by atoms with Crippen molar-refractivity contribution >= 4 is 29.9 Å². The van der Waals surface area contributed by atoms with Crippen LogP contribution in [0.25, 0.3) is 0 Å². The second-order valence-corrected chi connectivity index (χ2v) is 7.74. The van der Waals surface area contributed by atoms with E-state index in [0.717, 1.165) is 37.8 Å². The number of likely N-dealkylation sites (tertiary alicyclic amines) is 1. The van der Waals surface area contributed by atoms with Gasteiger partial charge in [-0.05, 0) is 49.8 Å². The van der Waals surface area contributed by atoms with Crippen LogP contribution in [-0.2, 0) is 0 Å². The molecule has 0 amide bonds. The average molecular weight is 488 g/mol. The highest BCUT2D eigenvalue weighted by molar-refractivity contribution is 14.0. The van der Waals surface area contributed by atoms with Gasteiger partial charge < -0.3 is 15.4 Å². The van der Waals surface area contributed by atoms with Crippen LogP contribution < -0.4 is 15.4 Å². The molecule has 0 aromatic heterocycles. The molecule has 3 unspecified atom stereocenters. The number of hydrogen-bond acceptors (Lipinski definition) is 3. The highest BCUT2D eigenvalue weighted by Gasteiger charge is 2.31. The van der Waals surface area contributed by atoms with Crippen molar-refractivity contribution in [3.8, 4) is 5.75 Å². The Kier molecular flexibility index (Phi) is 10.4. The Morgan fingerprint density at radius 2 is 1.89 bits per heavy atom.